The van der Waals surface area contributed by atoms with Crippen LogP contribution in [-0.4, -0.2) is 29.6 Å². The third-order valence-corrected chi connectivity index (χ3v) is 7.83. The number of aliphatic imine (C=N–C) groups is 1. The molecule has 0 spiro atoms. The fourth-order valence-corrected chi connectivity index (χ4v) is 6.18. The SMILES string of the molecule is CCN1C(=C2SC(=Nc3ccccc3)N(Cc3ccccc3)C2=O)Sc2ccc(OC)cc21. The molecule has 0 N–H and O–H groups in total. The number of nitrogens with zero attached hydrogens (tertiary/aromatic N) is 3. The average Bonchev–Trinajstić information content (AvgIpc) is 3.37. The second-order valence-electron chi connectivity index (χ2n) is 7.52. The van der Waals surface area contributed by atoms with Crippen LogP contribution in [0.15, 0.2) is 98.7 Å². The van der Waals surface area contributed by atoms with Crippen LogP contribution in [0.25, 0.3) is 0 Å². The van der Waals surface area contributed by atoms with Gasteiger partial charge < -0.3 is 9.64 Å². The summed E-state index contributed by atoms with van der Waals surface area (Å²) in [6.45, 7) is 3.33. The number of methoxy groups -OCH3 is 1. The van der Waals surface area contributed by atoms with Gasteiger partial charge in [0, 0.05) is 17.5 Å². The normalized spacial score (nSPS) is 18.8. The highest BCUT2D eigenvalue weighted by molar-refractivity contribution is 8.19. The lowest BCUT2D eigenvalue weighted by atomic mass is 10.2. The molecule has 3 aromatic rings. The van der Waals surface area contributed by atoms with E-state index in [-0.39, 0.29) is 5.91 Å². The molecule has 5 nitrogen and oxygen atoms in total. The van der Waals surface area contributed by atoms with Crippen LogP contribution in [0.2, 0.25) is 0 Å². The fourth-order valence-electron chi connectivity index (χ4n) is 3.81. The second kappa shape index (κ2) is 9.37. The molecule has 2 aliphatic heterocycles. The Hall–Kier alpha value is -3.16. The molecule has 166 valence electrons. The third-order valence-electron chi connectivity index (χ3n) is 5.45. The molecule has 0 saturated carbocycles. The molecule has 0 atom stereocenters. The zero-order valence-electron chi connectivity index (χ0n) is 18.4. The van der Waals surface area contributed by atoms with Crippen molar-refractivity contribution in [2.45, 2.75) is 18.4 Å². The minimum atomic E-state index is -0.0146. The third kappa shape index (κ3) is 4.26. The summed E-state index contributed by atoms with van der Waals surface area (Å²) >= 11 is 3.08. The van der Waals surface area contributed by atoms with E-state index in [0.29, 0.717) is 16.6 Å². The van der Waals surface area contributed by atoms with E-state index in [1.807, 2.05) is 72.8 Å². The number of rotatable bonds is 5. The van der Waals surface area contributed by atoms with Crippen LogP contribution in [0.3, 0.4) is 0 Å². The number of benzene rings is 3. The number of carbonyl (C=O) groups excluding carboxylic acids is 1. The Kier molecular flexibility index (Phi) is 6.15. The Bertz CT molecular complexity index is 1240. The van der Waals surface area contributed by atoms with Gasteiger partial charge in [-0.25, -0.2) is 4.99 Å². The number of fused-ring (bicyclic) bond motifs is 1. The molecular formula is C26H23N3O2S2. The maximum atomic E-state index is 13.7. The smallest absolute Gasteiger partial charge is 0.269 e. The molecule has 1 saturated heterocycles. The number of amides is 1. The number of ether oxygens (including phenoxy) is 1. The first-order valence-corrected chi connectivity index (χ1v) is 12.4. The molecule has 0 bridgehead atoms. The van der Waals surface area contributed by atoms with E-state index >= 15 is 0 Å². The van der Waals surface area contributed by atoms with E-state index < -0.39 is 0 Å². The first kappa shape index (κ1) is 21.7. The first-order valence-electron chi connectivity index (χ1n) is 10.7. The highest BCUT2D eigenvalue weighted by Crippen LogP contribution is 2.51. The number of amidine groups is 1. The quantitative estimate of drug-likeness (QED) is 0.409. The molecule has 5 rings (SSSR count). The van der Waals surface area contributed by atoms with Crippen molar-refractivity contribution < 1.29 is 9.53 Å². The van der Waals surface area contributed by atoms with Crippen molar-refractivity contribution in [1.29, 1.82) is 0 Å². The minimum Gasteiger partial charge on any atom is -0.497 e. The number of anilines is 1. The standard InChI is InChI=1S/C26H23N3O2S2/c1-3-28-21-16-20(31-2)14-15-22(21)32-25(28)23-24(30)29(17-18-10-6-4-7-11-18)26(33-23)27-19-12-8-5-9-13-19/h4-16H,3,17H2,1-2H3. The van der Waals surface area contributed by atoms with Crippen LogP contribution in [0.1, 0.15) is 12.5 Å². The van der Waals surface area contributed by atoms with Gasteiger partial charge in [-0.1, -0.05) is 60.3 Å². The predicted octanol–water partition coefficient (Wildman–Crippen LogP) is 6.26. The number of para-hydroxylation sites is 1. The van der Waals surface area contributed by atoms with Crippen molar-refractivity contribution in [3.63, 3.8) is 0 Å². The van der Waals surface area contributed by atoms with Gasteiger partial charge in [0.2, 0.25) is 0 Å². The lowest BCUT2D eigenvalue weighted by Crippen LogP contribution is -2.29. The molecule has 33 heavy (non-hydrogen) atoms. The van der Waals surface area contributed by atoms with Crippen LogP contribution in [-0.2, 0) is 11.3 Å². The van der Waals surface area contributed by atoms with E-state index in [0.717, 1.165) is 39.2 Å². The summed E-state index contributed by atoms with van der Waals surface area (Å²) in [6.07, 6.45) is 0. The molecular weight excluding hydrogens is 450 g/mol. The van der Waals surface area contributed by atoms with Crippen LogP contribution in [0.4, 0.5) is 11.4 Å². The summed E-state index contributed by atoms with van der Waals surface area (Å²) in [6, 6.07) is 25.9. The van der Waals surface area contributed by atoms with Crippen LogP contribution in [0.5, 0.6) is 5.75 Å². The molecule has 7 heteroatoms. The van der Waals surface area contributed by atoms with Gasteiger partial charge >= 0.3 is 0 Å². The number of hydrogen-bond donors (Lipinski definition) is 0. The summed E-state index contributed by atoms with van der Waals surface area (Å²) in [4.78, 5) is 24.4. The topological polar surface area (TPSA) is 45.1 Å². The van der Waals surface area contributed by atoms with Gasteiger partial charge in [-0.3, -0.25) is 9.69 Å². The summed E-state index contributed by atoms with van der Waals surface area (Å²) in [7, 11) is 1.67. The van der Waals surface area contributed by atoms with Gasteiger partial charge in [-0.05, 0) is 48.5 Å². The van der Waals surface area contributed by atoms with Crippen LogP contribution in [0, 0.1) is 0 Å². The minimum absolute atomic E-state index is 0.0146. The van der Waals surface area contributed by atoms with Crippen molar-refractivity contribution in [3.8, 4) is 5.75 Å². The monoisotopic (exact) mass is 473 g/mol. The summed E-state index contributed by atoms with van der Waals surface area (Å²) in [5.41, 5.74) is 2.97. The molecule has 2 aliphatic rings. The van der Waals surface area contributed by atoms with Crippen molar-refractivity contribution in [2.75, 3.05) is 18.6 Å². The summed E-state index contributed by atoms with van der Waals surface area (Å²) < 4.78 is 5.43. The largest absolute Gasteiger partial charge is 0.497 e. The zero-order chi connectivity index (χ0) is 22.8. The van der Waals surface area contributed by atoms with E-state index in [2.05, 4.69) is 17.9 Å². The average molecular weight is 474 g/mol. The number of hydrogen-bond acceptors (Lipinski definition) is 6. The highest BCUT2D eigenvalue weighted by atomic mass is 32.2. The van der Waals surface area contributed by atoms with Crippen molar-refractivity contribution in [2.24, 2.45) is 4.99 Å². The Morgan fingerprint density at radius 1 is 0.909 bits per heavy atom. The van der Waals surface area contributed by atoms with Crippen molar-refractivity contribution >= 4 is 46.0 Å². The van der Waals surface area contributed by atoms with Crippen LogP contribution < -0.4 is 9.64 Å². The van der Waals surface area contributed by atoms with E-state index in [4.69, 9.17) is 9.73 Å². The Labute approximate surface area is 202 Å². The van der Waals surface area contributed by atoms with Gasteiger partial charge in [-0.15, -0.1) is 0 Å². The fraction of sp³-hybridized carbons (Fsp3) is 0.154. The first-order chi connectivity index (χ1) is 16.2. The van der Waals surface area contributed by atoms with E-state index in [1.165, 1.54) is 11.8 Å². The lowest BCUT2D eigenvalue weighted by Gasteiger charge is -2.19. The number of thioether (sulfide) groups is 2. The Balaban J connectivity index is 1.56. The van der Waals surface area contributed by atoms with E-state index in [1.54, 1.807) is 23.8 Å². The maximum absolute atomic E-state index is 13.7. The second-order valence-corrected chi connectivity index (χ2v) is 9.53. The lowest BCUT2D eigenvalue weighted by molar-refractivity contribution is -0.122. The van der Waals surface area contributed by atoms with Crippen molar-refractivity contribution in [3.05, 3.63) is 94.4 Å². The van der Waals surface area contributed by atoms with Crippen LogP contribution >= 0.6 is 23.5 Å². The molecule has 3 aromatic carbocycles. The Morgan fingerprint density at radius 3 is 2.33 bits per heavy atom. The molecule has 0 aliphatic carbocycles. The van der Waals surface area contributed by atoms with Gasteiger partial charge in [0.25, 0.3) is 5.91 Å². The molecule has 0 aromatic heterocycles. The molecule has 2 heterocycles. The number of carbonyl (C=O) groups is 1. The molecule has 0 radical (unpaired) electrons. The van der Waals surface area contributed by atoms with Gasteiger partial charge in [0.15, 0.2) is 5.17 Å². The van der Waals surface area contributed by atoms with E-state index in [9.17, 15) is 4.79 Å². The van der Waals surface area contributed by atoms with Crippen molar-refractivity contribution in [1.82, 2.24) is 4.90 Å². The molecule has 1 amide bonds. The maximum Gasteiger partial charge on any atom is 0.269 e. The summed E-state index contributed by atoms with van der Waals surface area (Å²) in [5, 5.41) is 1.65. The summed E-state index contributed by atoms with van der Waals surface area (Å²) in [5.74, 6) is 0.792. The Morgan fingerprint density at radius 2 is 1.64 bits per heavy atom. The zero-order valence-corrected chi connectivity index (χ0v) is 20.0. The molecule has 1 fully saturated rings. The predicted molar refractivity (Wildman–Crippen MR) is 137 cm³/mol. The molecule has 0 unspecified atom stereocenters. The van der Waals surface area contributed by atoms with Gasteiger partial charge in [-0.2, -0.15) is 0 Å². The van der Waals surface area contributed by atoms with Gasteiger partial charge in [0.1, 0.15) is 15.7 Å². The highest BCUT2D eigenvalue weighted by Gasteiger charge is 2.39. The van der Waals surface area contributed by atoms with Gasteiger partial charge in [0.05, 0.1) is 25.0 Å².